The molecule has 1 amide bonds. The van der Waals surface area contributed by atoms with Crippen molar-refractivity contribution in [2.45, 2.75) is 5.92 Å². The SMILES string of the molecule is O=C(NCC#Cc1ccccn1)OCC1c2ccccc2-c2ccccc21. The Bertz CT molecular complexity index is 974. The van der Waals surface area contributed by atoms with Gasteiger partial charge in [-0.05, 0) is 40.3 Å². The maximum Gasteiger partial charge on any atom is 0.407 e. The minimum atomic E-state index is -0.466. The average Bonchev–Trinajstić information content (AvgIpc) is 3.04. The third-order valence-corrected chi connectivity index (χ3v) is 4.55. The lowest BCUT2D eigenvalue weighted by molar-refractivity contribution is 0.144. The smallest absolute Gasteiger partial charge is 0.407 e. The standard InChI is InChI=1S/C23H18N2O2/c26-23(25-15-7-9-17-8-5-6-14-24-17)27-16-22-20-12-3-1-10-18(20)19-11-2-4-13-21(19)22/h1-6,8,10-14,22H,15-16H2,(H,25,26). The van der Waals surface area contributed by atoms with Gasteiger partial charge >= 0.3 is 6.09 Å². The summed E-state index contributed by atoms with van der Waals surface area (Å²) in [5.41, 5.74) is 5.49. The molecule has 0 fully saturated rings. The molecule has 0 bridgehead atoms. The summed E-state index contributed by atoms with van der Waals surface area (Å²) in [6, 6.07) is 22.0. The van der Waals surface area contributed by atoms with Crippen molar-refractivity contribution in [3.63, 3.8) is 0 Å². The highest BCUT2D eigenvalue weighted by Gasteiger charge is 2.28. The Hall–Kier alpha value is -3.58. The van der Waals surface area contributed by atoms with Crippen molar-refractivity contribution in [1.82, 2.24) is 10.3 Å². The molecule has 0 spiro atoms. The fourth-order valence-corrected chi connectivity index (χ4v) is 3.34. The molecule has 0 radical (unpaired) electrons. The number of rotatable bonds is 3. The predicted octanol–water partition coefficient (Wildman–Crippen LogP) is 3.97. The van der Waals surface area contributed by atoms with Crippen molar-refractivity contribution in [2.75, 3.05) is 13.2 Å². The summed E-state index contributed by atoms with van der Waals surface area (Å²) in [5.74, 6) is 5.82. The van der Waals surface area contributed by atoms with Gasteiger partial charge in [-0.3, -0.25) is 0 Å². The van der Waals surface area contributed by atoms with Crippen LogP contribution in [0.25, 0.3) is 11.1 Å². The lowest BCUT2D eigenvalue weighted by Crippen LogP contribution is -2.26. The first kappa shape index (κ1) is 16.9. The highest BCUT2D eigenvalue weighted by molar-refractivity contribution is 5.79. The minimum absolute atomic E-state index is 0.0581. The zero-order valence-electron chi connectivity index (χ0n) is 14.7. The number of fused-ring (bicyclic) bond motifs is 3. The first-order valence-corrected chi connectivity index (χ1v) is 8.81. The van der Waals surface area contributed by atoms with Gasteiger partial charge in [0.25, 0.3) is 0 Å². The first-order valence-electron chi connectivity index (χ1n) is 8.81. The monoisotopic (exact) mass is 354 g/mol. The molecule has 4 nitrogen and oxygen atoms in total. The van der Waals surface area contributed by atoms with E-state index in [0.29, 0.717) is 12.3 Å². The van der Waals surface area contributed by atoms with E-state index in [-0.39, 0.29) is 12.5 Å². The van der Waals surface area contributed by atoms with Crippen LogP contribution in [0.5, 0.6) is 0 Å². The Kier molecular flexibility index (Phi) is 4.84. The van der Waals surface area contributed by atoms with Crippen molar-refractivity contribution in [3.05, 3.63) is 89.7 Å². The molecule has 1 heterocycles. The van der Waals surface area contributed by atoms with Gasteiger partial charge in [0.2, 0.25) is 0 Å². The number of aromatic nitrogens is 1. The topological polar surface area (TPSA) is 51.2 Å². The normalized spacial score (nSPS) is 11.7. The number of benzene rings is 2. The zero-order valence-corrected chi connectivity index (χ0v) is 14.7. The molecule has 0 aliphatic heterocycles. The highest BCUT2D eigenvalue weighted by atomic mass is 16.5. The van der Waals surface area contributed by atoms with E-state index in [1.807, 2.05) is 42.5 Å². The number of ether oxygens (including phenoxy) is 1. The second-order valence-corrected chi connectivity index (χ2v) is 6.20. The fourth-order valence-electron chi connectivity index (χ4n) is 3.34. The van der Waals surface area contributed by atoms with E-state index in [0.717, 1.165) is 0 Å². The van der Waals surface area contributed by atoms with E-state index in [4.69, 9.17) is 4.74 Å². The lowest BCUT2D eigenvalue weighted by atomic mass is 9.98. The van der Waals surface area contributed by atoms with Gasteiger partial charge in [0.05, 0.1) is 6.54 Å². The van der Waals surface area contributed by atoms with Gasteiger partial charge in [0.1, 0.15) is 12.3 Å². The molecule has 1 aliphatic rings. The second kappa shape index (κ2) is 7.76. The highest BCUT2D eigenvalue weighted by Crippen LogP contribution is 2.44. The summed E-state index contributed by atoms with van der Waals surface area (Å²) in [5, 5.41) is 2.66. The molecule has 3 aromatic rings. The number of pyridine rings is 1. The minimum Gasteiger partial charge on any atom is -0.449 e. The van der Waals surface area contributed by atoms with Gasteiger partial charge in [0, 0.05) is 12.1 Å². The molecular formula is C23H18N2O2. The predicted molar refractivity (Wildman–Crippen MR) is 104 cm³/mol. The third kappa shape index (κ3) is 3.68. The number of nitrogens with zero attached hydrogens (tertiary/aromatic N) is 1. The zero-order chi connectivity index (χ0) is 18.5. The van der Waals surface area contributed by atoms with Crippen LogP contribution in [0, 0.1) is 11.8 Å². The number of carbonyl (C=O) groups is 1. The van der Waals surface area contributed by atoms with Gasteiger partial charge in [-0.25, -0.2) is 9.78 Å². The largest absolute Gasteiger partial charge is 0.449 e. The molecule has 0 atom stereocenters. The van der Waals surface area contributed by atoms with Crippen LogP contribution in [0.4, 0.5) is 4.79 Å². The van der Waals surface area contributed by atoms with Crippen LogP contribution in [-0.2, 0) is 4.74 Å². The van der Waals surface area contributed by atoms with Crippen molar-refractivity contribution in [1.29, 1.82) is 0 Å². The van der Waals surface area contributed by atoms with E-state index in [1.165, 1.54) is 22.3 Å². The van der Waals surface area contributed by atoms with Crippen LogP contribution in [0.2, 0.25) is 0 Å². The molecule has 132 valence electrons. The van der Waals surface area contributed by atoms with E-state index in [9.17, 15) is 4.79 Å². The molecular weight excluding hydrogens is 336 g/mol. The summed E-state index contributed by atoms with van der Waals surface area (Å²) in [6.07, 6.45) is 1.22. The van der Waals surface area contributed by atoms with Crippen molar-refractivity contribution < 1.29 is 9.53 Å². The number of nitrogens with one attached hydrogen (secondary N) is 1. The van der Waals surface area contributed by atoms with Gasteiger partial charge < -0.3 is 10.1 Å². The van der Waals surface area contributed by atoms with E-state index in [1.54, 1.807) is 6.20 Å². The molecule has 0 saturated heterocycles. The Morgan fingerprint density at radius 3 is 2.30 bits per heavy atom. The van der Waals surface area contributed by atoms with Gasteiger partial charge in [0.15, 0.2) is 0 Å². The number of hydrogen-bond donors (Lipinski definition) is 1. The van der Waals surface area contributed by atoms with E-state index >= 15 is 0 Å². The maximum absolute atomic E-state index is 12.0. The van der Waals surface area contributed by atoms with Crippen LogP contribution in [-0.4, -0.2) is 24.2 Å². The number of amides is 1. The van der Waals surface area contributed by atoms with Crippen molar-refractivity contribution >= 4 is 6.09 Å². The van der Waals surface area contributed by atoms with Crippen LogP contribution in [0.3, 0.4) is 0 Å². The van der Waals surface area contributed by atoms with Gasteiger partial charge in [-0.1, -0.05) is 60.5 Å². The molecule has 0 unspecified atom stereocenters. The number of hydrogen-bond acceptors (Lipinski definition) is 3. The maximum atomic E-state index is 12.0. The molecule has 4 heteroatoms. The molecule has 27 heavy (non-hydrogen) atoms. The second-order valence-electron chi connectivity index (χ2n) is 6.20. The Labute approximate surface area is 158 Å². The summed E-state index contributed by atoms with van der Waals surface area (Å²) >= 11 is 0. The molecule has 1 N–H and O–H groups in total. The molecule has 1 aromatic heterocycles. The summed E-state index contributed by atoms with van der Waals surface area (Å²) in [4.78, 5) is 16.1. The van der Waals surface area contributed by atoms with Gasteiger partial charge in [-0.2, -0.15) is 0 Å². The molecule has 2 aromatic carbocycles. The summed E-state index contributed by atoms with van der Waals surface area (Å²) < 4.78 is 5.46. The average molecular weight is 354 g/mol. The molecule has 4 rings (SSSR count). The number of alkyl carbamates (subject to hydrolysis) is 1. The van der Waals surface area contributed by atoms with E-state index in [2.05, 4.69) is 46.4 Å². The quantitative estimate of drug-likeness (QED) is 0.724. The van der Waals surface area contributed by atoms with Gasteiger partial charge in [-0.15, -0.1) is 0 Å². The Morgan fingerprint density at radius 2 is 1.63 bits per heavy atom. The Balaban J connectivity index is 1.36. The molecule has 1 aliphatic carbocycles. The van der Waals surface area contributed by atoms with Crippen LogP contribution in [0.1, 0.15) is 22.7 Å². The van der Waals surface area contributed by atoms with Crippen LogP contribution < -0.4 is 5.32 Å². The van der Waals surface area contributed by atoms with Crippen LogP contribution >= 0.6 is 0 Å². The number of carbonyl (C=O) groups excluding carboxylic acids is 1. The fraction of sp³-hybridized carbons (Fsp3) is 0.130. The third-order valence-electron chi connectivity index (χ3n) is 4.55. The first-order chi connectivity index (χ1) is 13.3. The van der Waals surface area contributed by atoms with Crippen molar-refractivity contribution in [2.24, 2.45) is 0 Å². The summed E-state index contributed by atoms with van der Waals surface area (Å²) in [7, 11) is 0. The Morgan fingerprint density at radius 1 is 0.963 bits per heavy atom. The van der Waals surface area contributed by atoms with Crippen molar-refractivity contribution in [3.8, 4) is 23.0 Å². The molecule has 0 saturated carbocycles. The van der Waals surface area contributed by atoms with E-state index < -0.39 is 6.09 Å². The van der Waals surface area contributed by atoms with Crippen LogP contribution in [0.15, 0.2) is 72.9 Å². The summed E-state index contributed by atoms with van der Waals surface area (Å²) in [6.45, 7) is 0.515. The lowest BCUT2D eigenvalue weighted by Gasteiger charge is -2.14.